The molecule has 0 N–H and O–H groups in total. The predicted molar refractivity (Wildman–Crippen MR) is 15.0 cm³/mol. The van der Waals surface area contributed by atoms with Crippen LogP contribution in [0.2, 0.25) is 0 Å². The van der Waals surface area contributed by atoms with E-state index >= 15 is 0 Å². The van der Waals surface area contributed by atoms with Gasteiger partial charge in [0.1, 0.15) is 0 Å². The Hall–Kier alpha value is 0.229. The monoisotopic (exact) mass is 217 g/mol. The average Bonchev–Trinajstić information content (AvgIpc) is 0. The van der Waals surface area contributed by atoms with E-state index < -0.39 is 0 Å². The van der Waals surface area contributed by atoms with Crippen LogP contribution < -0.4 is 0 Å². The summed E-state index contributed by atoms with van der Waals surface area (Å²) in [4.78, 5) is 0. The smallest absolute Gasteiger partial charge is 0 e. The summed E-state index contributed by atoms with van der Waals surface area (Å²) in [6.45, 7) is 0. The Morgan fingerprint density at radius 1 is 0.286 bits per heavy atom. The van der Waals surface area contributed by atoms with E-state index in [4.69, 9.17) is 0 Å². The van der Waals surface area contributed by atoms with E-state index in [1.807, 2.05) is 0 Å². The topological polar surface area (TPSA) is 0 Å². The fourth-order valence-electron chi connectivity index (χ4n) is 0. The first-order chi connectivity index (χ1) is 0. The predicted octanol–water partition coefficient (Wildman–Crippen LogP) is 0.912. The second-order valence-electron chi connectivity index (χ2n) is 0. The molecule has 0 aliphatic carbocycles. The molecule has 0 aliphatic heterocycles. The van der Waals surface area contributed by atoms with Crippen LogP contribution in [-0.2, 0) is 20.1 Å². The molecule has 7 heavy (non-hydrogen) atoms. The van der Waals surface area contributed by atoms with Gasteiger partial charge in [0.25, 0.3) is 0 Å². The van der Waals surface area contributed by atoms with Crippen molar-refractivity contribution < 1.29 is 48.3 Å². The zero-order chi connectivity index (χ0) is 0. The Labute approximate surface area is 49.2 Å². The van der Waals surface area contributed by atoms with Gasteiger partial charge in [-0.15, -0.1) is 0 Å². The molecule has 0 aromatic carbocycles. The summed E-state index contributed by atoms with van der Waals surface area (Å²) in [5.74, 6) is 0. The van der Waals surface area contributed by atoms with E-state index in [9.17, 15) is 0 Å². The number of hydrogen-bond acceptors (Lipinski definition) is 0. The van der Waals surface area contributed by atoms with E-state index in [1.54, 1.807) is 0 Å². The van der Waals surface area contributed by atoms with Gasteiger partial charge in [-0.3, -0.25) is 28.2 Å². The molecule has 0 bridgehead atoms. The Balaban J connectivity index is 0. The summed E-state index contributed by atoms with van der Waals surface area (Å²) in [5.41, 5.74) is 0. The molecular weight excluding hydrogens is 212 g/mol. The second-order valence-corrected chi connectivity index (χ2v) is 0. The van der Waals surface area contributed by atoms with Crippen LogP contribution in [0.25, 0.3) is 0 Å². The molecule has 0 nitrogen and oxygen atoms in total. The summed E-state index contributed by atoms with van der Waals surface area (Å²) >= 11 is 0. The molecule has 0 saturated heterocycles. The second kappa shape index (κ2) is 3240. The molecule has 0 spiro atoms. The minimum absolute atomic E-state index is 0. The van der Waals surface area contributed by atoms with Crippen LogP contribution in [0.15, 0.2) is 0 Å². The summed E-state index contributed by atoms with van der Waals surface area (Å²) in [6.07, 6.45) is 0. The van der Waals surface area contributed by atoms with Gasteiger partial charge in [-0.25, -0.2) is 0 Å². The van der Waals surface area contributed by atoms with Crippen LogP contribution in [-0.4, -0.2) is 0 Å². The zero-order valence-corrected chi connectivity index (χ0v) is 4.69. The molecule has 7 heteroatoms. The zero-order valence-electron chi connectivity index (χ0n) is 2.83. The Bertz CT molecular complexity index is 4.14. The maximum atomic E-state index is 0. The van der Waals surface area contributed by atoms with Crippen LogP contribution in [0.4, 0.5) is 28.2 Å². The van der Waals surface area contributed by atoms with Crippen molar-refractivity contribution in [3.05, 3.63) is 0 Å². The van der Waals surface area contributed by atoms with Crippen LogP contribution in [0.3, 0.4) is 0 Å². The number of rotatable bonds is 0. The fraction of sp³-hybridized carbons (Fsp3) is 0. The summed E-state index contributed by atoms with van der Waals surface area (Å²) in [6, 6.07) is 0. The van der Waals surface area contributed by atoms with E-state index in [1.165, 1.54) is 0 Å². The van der Waals surface area contributed by atoms with Crippen molar-refractivity contribution >= 4 is 0 Å². The maximum Gasteiger partial charge on any atom is 0 e. The van der Waals surface area contributed by atoms with Gasteiger partial charge in [0.15, 0.2) is 0 Å². The largest absolute Gasteiger partial charge is 0.269 e. The van der Waals surface area contributed by atoms with Crippen molar-refractivity contribution in [3.8, 4) is 0 Å². The van der Waals surface area contributed by atoms with Crippen LogP contribution in [0.1, 0.15) is 0 Å². The molecule has 0 atom stereocenters. The third-order valence-corrected chi connectivity index (χ3v) is 0. The molecule has 0 aliphatic rings. The first-order valence-electron chi connectivity index (χ1n) is 0. The van der Waals surface area contributed by atoms with Crippen molar-refractivity contribution in [2.45, 2.75) is 0 Å². The molecular formula is H6F6Tc. The molecule has 0 aromatic rings. The van der Waals surface area contributed by atoms with Crippen molar-refractivity contribution in [1.29, 1.82) is 0 Å². The van der Waals surface area contributed by atoms with Crippen LogP contribution in [0.5, 0.6) is 0 Å². The molecule has 0 aromatic heterocycles. The molecule has 0 saturated carbocycles. The van der Waals surface area contributed by atoms with Crippen molar-refractivity contribution in [2.24, 2.45) is 0 Å². The van der Waals surface area contributed by atoms with Crippen LogP contribution in [0, 0.1) is 0 Å². The van der Waals surface area contributed by atoms with E-state index in [0.717, 1.165) is 0 Å². The van der Waals surface area contributed by atoms with Crippen molar-refractivity contribution in [2.75, 3.05) is 0 Å². The fourth-order valence-corrected chi connectivity index (χ4v) is 0. The van der Waals surface area contributed by atoms with Gasteiger partial charge < -0.3 is 0 Å². The molecule has 0 rings (SSSR count). The minimum atomic E-state index is 0. The summed E-state index contributed by atoms with van der Waals surface area (Å²) in [5, 5.41) is 0. The van der Waals surface area contributed by atoms with Gasteiger partial charge >= 0.3 is 0 Å². The third kappa shape index (κ3) is 2120. The number of halogens is 6. The van der Waals surface area contributed by atoms with Crippen molar-refractivity contribution in [3.63, 3.8) is 0 Å². The van der Waals surface area contributed by atoms with Gasteiger partial charge in [0.2, 0.25) is 0 Å². The van der Waals surface area contributed by atoms with Crippen molar-refractivity contribution in [1.82, 2.24) is 0 Å². The first-order valence-corrected chi connectivity index (χ1v) is 0. The van der Waals surface area contributed by atoms with Gasteiger partial charge in [-0.2, -0.15) is 0 Å². The molecule has 0 heterocycles. The van der Waals surface area contributed by atoms with E-state index in [-0.39, 0.29) is 48.3 Å². The van der Waals surface area contributed by atoms with Gasteiger partial charge in [0.05, 0.1) is 0 Å². The molecule has 0 fully saturated rings. The Kier molecular flexibility index (Phi) is 2470000. The number of hydrogen-bond donors (Lipinski definition) is 0. The van der Waals surface area contributed by atoms with Gasteiger partial charge in [-0.05, 0) is 0 Å². The quantitative estimate of drug-likeness (QED) is 0.530. The molecule has 55 valence electrons. The summed E-state index contributed by atoms with van der Waals surface area (Å²) in [7, 11) is 0. The maximum absolute atomic E-state index is 0. The van der Waals surface area contributed by atoms with Gasteiger partial charge in [-0.1, -0.05) is 0 Å². The average molecular weight is 218 g/mol. The van der Waals surface area contributed by atoms with Gasteiger partial charge in [0, 0.05) is 20.1 Å². The minimum Gasteiger partial charge on any atom is -0.269 e. The molecule has 0 amide bonds. The molecule has 0 unspecified atom stereocenters. The Morgan fingerprint density at radius 2 is 0.286 bits per heavy atom. The SMILES string of the molecule is F.F.F.F.F.F.[Tc]. The van der Waals surface area contributed by atoms with Crippen LogP contribution >= 0.6 is 0 Å². The van der Waals surface area contributed by atoms with E-state index in [0.29, 0.717) is 0 Å². The third-order valence-electron chi connectivity index (χ3n) is 0. The normalized spacial score (nSPS) is 0. The first kappa shape index (κ1) is 5330. The molecule has 1 radical (unpaired) electrons. The van der Waals surface area contributed by atoms with E-state index in [2.05, 4.69) is 0 Å². The Morgan fingerprint density at radius 3 is 0.286 bits per heavy atom. The summed E-state index contributed by atoms with van der Waals surface area (Å²) < 4.78 is 0. The standard InChI is InChI=1S/6FH.Tc/h6*1H;.